The predicted octanol–water partition coefficient (Wildman–Crippen LogP) is 4.64. The third-order valence-corrected chi connectivity index (χ3v) is 4.69. The Labute approximate surface area is 89.5 Å². The fourth-order valence-electron chi connectivity index (χ4n) is 2.88. The molecule has 82 valence electrons. The van der Waals surface area contributed by atoms with E-state index >= 15 is 0 Å². The molecule has 2 rings (SSSR count). The summed E-state index contributed by atoms with van der Waals surface area (Å²) in [4.78, 5) is 0. The van der Waals surface area contributed by atoms with Crippen LogP contribution in [0.2, 0.25) is 0 Å². The average molecular weight is 194 g/mol. The molecule has 0 N–H and O–H groups in total. The normalized spacial score (nSPS) is 33.9. The van der Waals surface area contributed by atoms with E-state index < -0.39 is 0 Å². The standard InChI is InChI=1S/C14H26/c1-3-12(5-6-13-7-8-13)10-14-9-4-11(14)2/h11-14H,3-10H2,1-2H3. The summed E-state index contributed by atoms with van der Waals surface area (Å²) in [5.41, 5.74) is 0. The Morgan fingerprint density at radius 3 is 2.36 bits per heavy atom. The highest BCUT2D eigenvalue weighted by molar-refractivity contribution is 4.81. The van der Waals surface area contributed by atoms with Crippen LogP contribution in [0, 0.1) is 23.7 Å². The van der Waals surface area contributed by atoms with Crippen molar-refractivity contribution in [2.75, 3.05) is 0 Å². The van der Waals surface area contributed by atoms with Crippen LogP contribution in [-0.2, 0) is 0 Å². The fraction of sp³-hybridized carbons (Fsp3) is 1.00. The zero-order chi connectivity index (χ0) is 9.97. The molecule has 0 saturated heterocycles. The monoisotopic (exact) mass is 194 g/mol. The van der Waals surface area contributed by atoms with Gasteiger partial charge in [-0.05, 0) is 36.5 Å². The van der Waals surface area contributed by atoms with Gasteiger partial charge in [0.05, 0.1) is 0 Å². The van der Waals surface area contributed by atoms with Crippen LogP contribution < -0.4 is 0 Å². The van der Waals surface area contributed by atoms with Crippen LogP contribution in [0.3, 0.4) is 0 Å². The molecule has 0 nitrogen and oxygen atoms in total. The molecule has 0 spiro atoms. The molecule has 2 fully saturated rings. The Balaban J connectivity index is 1.63. The van der Waals surface area contributed by atoms with Gasteiger partial charge in [-0.3, -0.25) is 0 Å². The highest BCUT2D eigenvalue weighted by Gasteiger charge is 2.29. The van der Waals surface area contributed by atoms with Crippen LogP contribution in [0.1, 0.15) is 65.2 Å². The fourth-order valence-corrected chi connectivity index (χ4v) is 2.88. The number of rotatable bonds is 6. The van der Waals surface area contributed by atoms with Gasteiger partial charge in [0, 0.05) is 0 Å². The first kappa shape index (κ1) is 10.5. The molecular weight excluding hydrogens is 168 g/mol. The molecule has 2 aliphatic carbocycles. The van der Waals surface area contributed by atoms with Gasteiger partial charge in [0.25, 0.3) is 0 Å². The maximum absolute atomic E-state index is 2.45. The third-order valence-electron chi connectivity index (χ3n) is 4.69. The van der Waals surface area contributed by atoms with Gasteiger partial charge < -0.3 is 0 Å². The van der Waals surface area contributed by atoms with E-state index in [2.05, 4.69) is 13.8 Å². The summed E-state index contributed by atoms with van der Waals surface area (Å²) in [6, 6.07) is 0. The van der Waals surface area contributed by atoms with Crippen molar-refractivity contribution in [3.05, 3.63) is 0 Å². The zero-order valence-corrected chi connectivity index (χ0v) is 9.97. The minimum atomic E-state index is 1.05. The van der Waals surface area contributed by atoms with Crippen LogP contribution in [0.15, 0.2) is 0 Å². The minimum absolute atomic E-state index is 1.05. The predicted molar refractivity (Wildman–Crippen MR) is 62.2 cm³/mol. The molecule has 3 atom stereocenters. The molecule has 0 radical (unpaired) electrons. The van der Waals surface area contributed by atoms with E-state index in [1.54, 1.807) is 12.8 Å². The molecule has 2 saturated carbocycles. The number of hydrogen-bond donors (Lipinski definition) is 0. The van der Waals surface area contributed by atoms with Gasteiger partial charge in [-0.1, -0.05) is 52.4 Å². The van der Waals surface area contributed by atoms with Gasteiger partial charge in [-0.15, -0.1) is 0 Å². The lowest BCUT2D eigenvalue weighted by Crippen LogP contribution is -2.25. The summed E-state index contributed by atoms with van der Waals surface area (Å²) in [5.74, 6) is 4.34. The van der Waals surface area contributed by atoms with Crippen LogP contribution in [0.4, 0.5) is 0 Å². The smallest absolute Gasteiger partial charge is 0.0386 e. The molecule has 14 heavy (non-hydrogen) atoms. The molecule has 2 aliphatic rings. The summed E-state index contributed by atoms with van der Waals surface area (Å²) in [6.07, 6.45) is 12.2. The maximum atomic E-state index is 2.45. The van der Waals surface area contributed by atoms with E-state index in [4.69, 9.17) is 0 Å². The first-order chi connectivity index (χ1) is 6.79. The largest absolute Gasteiger partial charge is 0.0651 e. The Kier molecular flexibility index (Phi) is 3.52. The van der Waals surface area contributed by atoms with Crippen molar-refractivity contribution in [3.63, 3.8) is 0 Å². The molecule has 0 amide bonds. The first-order valence-electron chi connectivity index (χ1n) is 6.79. The molecule has 0 aromatic carbocycles. The highest BCUT2D eigenvalue weighted by Crippen LogP contribution is 2.41. The summed E-state index contributed by atoms with van der Waals surface area (Å²) in [7, 11) is 0. The second-order valence-corrected chi connectivity index (χ2v) is 5.85. The van der Waals surface area contributed by atoms with Gasteiger partial charge >= 0.3 is 0 Å². The van der Waals surface area contributed by atoms with Crippen LogP contribution in [-0.4, -0.2) is 0 Å². The van der Waals surface area contributed by atoms with Crippen molar-refractivity contribution in [2.24, 2.45) is 23.7 Å². The van der Waals surface area contributed by atoms with Gasteiger partial charge in [0.1, 0.15) is 0 Å². The van der Waals surface area contributed by atoms with Gasteiger partial charge in [0.2, 0.25) is 0 Å². The van der Waals surface area contributed by atoms with Crippen LogP contribution in [0.5, 0.6) is 0 Å². The van der Waals surface area contributed by atoms with Crippen molar-refractivity contribution in [1.82, 2.24) is 0 Å². The Hall–Kier alpha value is 0. The van der Waals surface area contributed by atoms with E-state index in [1.807, 2.05) is 0 Å². The summed E-state index contributed by atoms with van der Waals surface area (Å²) < 4.78 is 0. The Bertz CT molecular complexity index is 169. The quantitative estimate of drug-likeness (QED) is 0.578. The van der Waals surface area contributed by atoms with Gasteiger partial charge in [0.15, 0.2) is 0 Å². The van der Waals surface area contributed by atoms with Crippen molar-refractivity contribution >= 4 is 0 Å². The molecule has 0 bridgehead atoms. The van der Waals surface area contributed by atoms with E-state index in [9.17, 15) is 0 Å². The van der Waals surface area contributed by atoms with Crippen molar-refractivity contribution in [3.8, 4) is 0 Å². The molecule has 0 heterocycles. The molecule has 0 aliphatic heterocycles. The zero-order valence-electron chi connectivity index (χ0n) is 9.97. The minimum Gasteiger partial charge on any atom is -0.0651 e. The van der Waals surface area contributed by atoms with E-state index in [0.717, 1.165) is 23.7 Å². The lowest BCUT2D eigenvalue weighted by molar-refractivity contribution is 0.150. The van der Waals surface area contributed by atoms with Crippen LogP contribution >= 0.6 is 0 Å². The van der Waals surface area contributed by atoms with E-state index in [-0.39, 0.29) is 0 Å². The second-order valence-electron chi connectivity index (χ2n) is 5.85. The lowest BCUT2D eigenvalue weighted by atomic mass is 9.70. The molecule has 0 heteroatoms. The van der Waals surface area contributed by atoms with Crippen molar-refractivity contribution in [1.29, 1.82) is 0 Å². The van der Waals surface area contributed by atoms with E-state index in [0.29, 0.717) is 0 Å². The van der Waals surface area contributed by atoms with Gasteiger partial charge in [-0.25, -0.2) is 0 Å². The lowest BCUT2D eigenvalue weighted by Gasteiger charge is -2.36. The average Bonchev–Trinajstić information content (AvgIpc) is 2.99. The summed E-state index contributed by atoms with van der Waals surface area (Å²) >= 11 is 0. The summed E-state index contributed by atoms with van der Waals surface area (Å²) in [6.45, 7) is 4.84. The number of hydrogen-bond acceptors (Lipinski definition) is 0. The van der Waals surface area contributed by atoms with Crippen molar-refractivity contribution in [2.45, 2.75) is 65.2 Å². The highest BCUT2D eigenvalue weighted by atomic mass is 14.3. The molecular formula is C14H26. The van der Waals surface area contributed by atoms with Crippen molar-refractivity contribution < 1.29 is 0 Å². The maximum Gasteiger partial charge on any atom is -0.0386 e. The molecule has 0 aromatic heterocycles. The Morgan fingerprint density at radius 2 is 1.93 bits per heavy atom. The first-order valence-corrected chi connectivity index (χ1v) is 6.79. The second kappa shape index (κ2) is 4.68. The topological polar surface area (TPSA) is 0 Å². The summed E-state index contributed by atoms with van der Waals surface area (Å²) in [5, 5.41) is 0. The molecule has 0 aromatic rings. The van der Waals surface area contributed by atoms with E-state index in [1.165, 1.54) is 38.5 Å². The van der Waals surface area contributed by atoms with Gasteiger partial charge in [-0.2, -0.15) is 0 Å². The SMILES string of the molecule is CCC(CCC1CC1)CC1CCC1C. The Morgan fingerprint density at radius 1 is 1.14 bits per heavy atom. The molecule has 3 unspecified atom stereocenters. The third kappa shape index (κ3) is 2.74. The van der Waals surface area contributed by atoms with Crippen LogP contribution in [0.25, 0.3) is 0 Å².